The zero-order valence-electron chi connectivity index (χ0n) is 15.1. The zero-order chi connectivity index (χ0) is 18.1. The van der Waals surface area contributed by atoms with Crippen molar-refractivity contribution in [3.8, 4) is 0 Å². The van der Waals surface area contributed by atoms with Gasteiger partial charge in [0.15, 0.2) is 5.13 Å². The van der Waals surface area contributed by atoms with Crippen LogP contribution >= 0.6 is 11.3 Å². The number of para-hydroxylation sites is 1. The molecule has 1 heterocycles. The van der Waals surface area contributed by atoms with E-state index in [2.05, 4.69) is 15.6 Å². The van der Waals surface area contributed by atoms with E-state index in [0.717, 1.165) is 42.2 Å². The largest absolute Gasteiger partial charge is 0.384 e. The van der Waals surface area contributed by atoms with Crippen molar-refractivity contribution in [3.63, 3.8) is 0 Å². The number of carbonyl (C=O) groups is 1. The Kier molecular flexibility index (Phi) is 7.88. The van der Waals surface area contributed by atoms with Crippen LogP contribution in [0.2, 0.25) is 0 Å². The van der Waals surface area contributed by atoms with Crippen LogP contribution in [0.1, 0.15) is 53.0 Å². The van der Waals surface area contributed by atoms with Crippen LogP contribution in [0.15, 0.2) is 24.3 Å². The van der Waals surface area contributed by atoms with Gasteiger partial charge in [0.05, 0.1) is 11.3 Å². The molecule has 0 bridgehead atoms. The van der Waals surface area contributed by atoms with Gasteiger partial charge in [-0.05, 0) is 45.4 Å². The third kappa shape index (κ3) is 6.14. The second-order valence-electron chi connectivity index (χ2n) is 6.14. The Morgan fingerprint density at radius 2 is 1.84 bits per heavy atom. The third-order valence-corrected chi connectivity index (χ3v) is 5.11. The molecule has 25 heavy (non-hydrogen) atoms. The summed E-state index contributed by atoms with van der Waals surface area (Å²) in [4.78, 5) is 18.1. The van der Waals surface area contributed by atoms with Gasteiger partial charge in [-0.15, -0.1) is 11.3 Å². The number of unbranched alkanes of at least 4 members (excludes halogenated alkanes) is 4. The third-order valence-electron chi connectivity index (χ3n) is 4.12. The summed E-state index contributed by atoms with van der Waals surface area (Å²) < 4.78 is 0. The Morgan fingerprint density at radius 1 is 1.12 bits per heavy atom. The number of rotatable bonds is 10. The highest BCUT2D eigenvalue weighted by Crippen LogP contribution is 2.23. The van der Waals surface area contributed by atoms with E-state index in [4.69, 9.17) is 5.73 Å². The molecule has 0 aliphatic carbocycles. The number of thiazole rings is 1. The first-order chi connectivity index (χ1) is 12.1. The molecule has 0 aliphatic rings. The average molecular weight is 361 g/mol. The van der Waals surface area contributed by atoms with Crippen LogP contribution in [0.4, 0.5) is 10.8 Å². The molecule has 0 saturated carbocycles. The molecule has 0 fully saturated rings. The molecule has 136 valence electrons. The van der Waals surface area contributed by atoms with Crippen molar-refractivity contribution in [2.24, 2.45) is 5.73 Å². The molecule has 0 atom stereocenters. The van der Waals surface area contributed by atoms with Crippen molar-refractivity contribution in [2.45, 2.75) is 46.0 Å². The summed E-state index contributed by atoms with van der Waals surface area (Å²) in [5, 5.41) is 6.93. The topological polar surface area (TPSA) is 80.0 Å². The molecule has 0 aliphatic heterocycles. The first-order valence-electron chi connectivity index (χ1n) is 8.90. The van der Waals surface area contributed by atoms with Gasteiger partial charge in [-0.25, -0.2) is 4.98 Å². The highest BCUT2D eigenvalue weighted by Gasteiger charge is 2.13. The van der Waals surface area contributed by atoms with Crippen molar-refractivity contribution in [2.75, 3.05) is 23.7 Å². The summed E-state index contributed by atoms with van der Waals surface area (Å²) in [7, 11) is 0. The zero-order valence-corrected chi connectivity index (χ0v) is 15.9. The minimum atomic E-state index is -0.125. The van der Waals surface area contributed by atoms with Crippen molar-refractivity contribution < 1.29 is 4.79 Å². The van der Waals surface area contributed by atoms with E-state index in [1.807, 2.05) is 38.1 Å². The van der Waals surface area contributed by atoms with Crippen LogP contribution in [-0.2, 0) is 0 Å². The Morgan fingerprint density at radius 3 is 2.56 bits per heavy atom. The quantitative estimate of drug-likeness (QED) is 0.551. The molecule has 2 rings (SSSR count). The number of amides is 1. The van der Waals surface area contributed by atoms with Gasteiger partial charge >= 0.3 is 0 Å². The highest BCUT2D eigenvalue weighted by atomic mass is 32.1. The summed E-state index contributed by atoms with van der Waals surface area (Å²) in [5.41, 5.74) is 7.98. The van der Waals surface area contributed by atoms with E-state index in [-0.39, 0.29) is 5.91 Å². The molecular formula is C19H28N4OS. The van der Waals surface area contributed by atoms with Crippen molar-refractivity contribution in [3.05, 3.63) is 40.4 Å². The summed E-state index contributed by atoms with van der Waals surface area (Å²) >= 11 is 1.50. The minimum absolute atomic E-state index is 0.125. The number of aromatic nitrogens is 1. The Hall–Kier alpha value is -1.92. The van der Waals surface area contributed by atoms with Gasteiger partial charge in [-0.3, -0.25) is 10.1 Å². The Bertz CT molecular complexity index is 664. The normalized spacial score (nSPS) is 10.7. The van der Waals surface area contributed by atoms with Crippen molar-refractivity contribution >= 4 is 28.1 Å². The highest BCUT2D eigenvalue weighted by molar-refractivity contribution is 7.15. The predicted molar refractivity (Wildman–Crippen MR) is 107 cm³/mol. The monoisotopic (exact) mass is 360 g/mol. The number of anilines is 2. The lowest BCUT2D eigenvalue weighted by atomic mass is 10.1. The van der Waals surface area contributed by atoms with Gasteiger partial charge in [0.1, 0.15) is 0 Å². The van der Waals surface area contributed by atoms with E-state index >= 15 is 0 Å². The van der Waals surface area contributed by atoms with Crippen molar-refractivity contribution in [1.82, 2.24) is 4.98 Å². The number of hydrogen-bond donors (Lipinski definition) is 3. The molecule has 1 aromatic carbocycles. The van der Waals surface area contributed by atoms with Gasteiger partial charge in [0.25, 0.3) is 5.91 Å². The van der Waals surface area contributed by atoms with Crippen LogP contribution in [0, 0.1) is 13.8 Å². The molecule has 5 nitrogen and oxygen atoms in total. The fourth-order valence-corrected chi connectivity index (χ4v) is 3.36. The second-order valence-corrected chi connectivity index (χ2v) is 7.35. The molecule has 0 unspecified atom stereocenters. The van der Waals surface area contributed by atoms with Crippen LogP contribution in [0.3, 0.4) is 0 Å². The van der Waals surface area contributed by atoms with Gasteiger partial charge < -0.3 is 11.1 Å². The fraction of sp³-hybridized carbons (Fsp3) is 0.474. The molecule has 2 aromatic rings. The Labute approximate surface area is 154 Å². The molecule has 0 saturated heterocycles. The molecular weight excluding hydrogens is 332 g/mol. The number of benzene rings is 1. The van der Waals surface area contributed by atoms with Gasteiger partial charge in [-0.2, -0.15) is 0 Å². The SMILES string of the molecule is Cc1nc(NC(=O)c2ccccc2NCCCCCCCN)sc1C. The van der Waals surface area contributed by atoms with Crippen LogP contribution in [-0.4, -0.2) is 24.0 Å². The maximum Gasteiger partial charge on any atom is 0.259 e. The van der Waals surface area contributed by atoms with E-state index in [9.17, 15) is 4.79 Å². The van der Waals surface area contributed by atoms with Crippen LogP contribution < -0.4 is 16.4 Å². The summed E-state index contributed by atoms with van der Waals surface area (Å²) in [6.45, 7) is 5.59. The number of carbonyl (C=O) groups excluding carboxylic acids is 1. The number of hydrogen-bond acceptors (Lipinski definition) is 5. The number of nitrogens with two attached hydrogens (primary N) is 1. The van der Waals surface area contributed by atoms with Gasteiger partial charge in [-0.1, -0.05) is 31.4 Å². The maximum atomic E-state index is 12.6. The Balaban J connectivity index is 1.87. The predicted octanol–water partition coefficient (Wildman–Crippen LogP) is 4.33. The second kappa shape index (κ2) is 10.2. The number of nitrogens with one attached hydrogen (secondary N) is 2. The molecule has 1 amide bonds. The maximum absolute atomic E-state index is 12.6. The molecule has 6 heteroatoms. The van der Waals surface area contributed by atoms with Gasteiger partial charge in [0, 0.05) is 17.1 Å². The van der Waals surface area contributed by atoms with Crippen molar-refractivity contribution in [1.29, 1.82) is 0 Å². The molecule has 0 spiro atoms. The first kappa shape index (κ1) is 19.4. The summed E-state index contributed by atoms with van der Waals surface area (Å²) in [5.74, 6) is -0.125. The van der Waals surface area contributed by atoms with E-state index in [1.54, 1.807) is 0 Å². The molecule has 4 N–H and O–H groups in total. The van der Waals surface area contributed by atoms with Crippen LogP contribution in [0.25, 0.3) is 0 Å². The number of aryl methyl sites for hydroxylation is 2. The lowest BCUT2D eigenvalue weighted by Crippen LogP contribution is -2.15. The standard InChI is InChI=1S/C19H28N4OS/c1-14-15(2)25-19(22-14)23-18(24)16-10-6-7-11-17(16)21-13-9-5-3-4-8-12-20/h6-7,10-11,21H,3-5,8-9,12-13,20H2,1-2H3,(H,22,23,24). The summed E-state index contributed by atoms with van der Waals surface area (Å²) in [6, 6.07) is 7.61. The smallest absolute Gasteiger partial charge is 0.259 e. The fourth-order valence-electron chi connectivity index (χ4n) is 2.55. The van der Waals surface area contributed by atoms with E-state index < -0.39 is 0 Å². The molecule has 1 aromatic heterocycles. The van der Waals surface area contributed by atoms with Crippen LogP contribution in [0.5, 0.6) is 0 Å². The van der Waals surface area contributed by atoms with E-state index in [1.165, 1.54) is 30.6 Å². The minimum Gasteiger partial charge on any atom is -0.384 e. The van der Waals surface area contributed by atoms with E-state index in [0.29, 0.717) is 10.7 Å². The van der Waals surface area contributed by atoms with Gasteiger partial charge in [0.2, 0.25) is 0 Å². The molecule has 0 radical (unpaired) electrons. The summed E-state index contributed by atoms with van der Waals surface area (Å²) in [6.07, 6.45) is 5.78. The number of nitrogens with zero attached hydrogens (tertiary/aromatic N) is 1. The lowest BCUT2D eigenvalue weighted by molar-refractivity contribution is 0.102. The first-order valence-corrected chi connectivity index (χ1v) is 9.72. The lowest BCUT2D eigenvalue weighted by Gasteiger charge is -2.11. The average Bonchev–Trinajstić information content (AvgIpc) is 2.92.